The standard InChI is InChI=1S/C14H23N3O3S/c1-10-9-21-11(16-10)5-7-15-13(20)17(14(2,3)4)8-6-12(18)19/h9H,5-8H2,1-4H3,(H,15,20)(H,18,19). The second kappa shape index (κ2) is 7.40. The van der Waals surface area contributed by atoms with Crippen molar-refractivity contribution >= 4 is 23.3 Å². The smallest absolute Gasteiger partial charge is 0.317 e. The lowest BCUT2D eigenvalue weighted by Gasteiger charge is -2.35. The number of nitrogens with one attached hydrogen (secondary N) is 1. The maximum Gasteiger partial charge on any atom is 0.317 e. The summed E-state index contributed by atoms with van der Waals surface area (Å²) < 4.78 is 0. The molecule has 2 amide bonds. The van der Waals surface area contributed by atoms with Crippen LogP contribution in [0, 0.1) is 6.92 Å². The van der Waals surface area contributed by atoms with Crippen molar-refractivity contribution < 1.29 is 14.7 Å². The number of aryl methyl sites for hydroxylation is 1. The molecule has 118 valence electrons. The number of aromatic nitrogens is 1. The third-order valence-corrected chi connectivity index (χ3v) is 3.91. The number of hydrogen-bond donors (Lipinski definition) is 2. The summed E-state index contributed by atoms with van der Waals surface area (Å²) in [7, 11) is 0. The number of carboxylic acid groups (broad SMARTS) is 1. The lowest BCUT2D eigenvalue weighted by atomic mass is 10.1. The van der Waals surface area contributed by atoms with E-state index < -0.39 is 11.5 Å². The van der Waals surface area contributed by atoms with Gasteiger partial charge in [-0.05, 0) is 27.7 Å². The van der Waals surface area contributed by atoms with Crippen LogP contribution in [0.3, 0.4) is 0 Å². The number of carbonyl (C=O) groups excluding carboxylic acids is 1. The lowest BCUT2D eigenvalue weighted by molar-refractivity contribution is -0.137. The Hall–Kier alpha value is -1.63. The van der Waals surface area contributed by atoms with Gasteiger partial charge in [0, 0.05) is 36.1 Å². The van der Waals surface area contributed by atoms with E-state index in [1.54, 1.807) is 16.2 Å². The van der Waals surface area contributed by atoms with Gasteiger partial charge in [-0.25, -0.2) is 9.78 Å². The number of thiazole rings is 1. The van der Waals surface area contributed by atoms with E-state index in [-0.39, 0.29) is 19.0 Å². The highest BCUT2D eigenvalue weighted by Gasteiger charge is 2.26. The molecule has 0 saturated heterocycles. The number of hydrogen-bond acceptors (Lipinski definition) is 4. The Labute approximate surface area is 129 Å². The van der Waals surface area contributed by atoms with Gasteiger partial charge < -0.3 is 15.3 Å². The Bertz CT molecular complexity index is 494. The second-order valence-corrected chi connectivity index (χ2v) is 6.77. The van der Waals surface area contributed by atoms with Gasteiger partial charge in [0.2, 0.25) is 0 Å². The van der Waals surface area contributed by atoms with Crippen LogP contribution in [0.5, 0.6) is 0 Å². The van der Waals surface area contributed by atoms with Crippen molar-refractivity contribution in [3.63, 3.8) is 0 Å². The zero-order valence-corrected chi connectivity index (χ0v) is 13.8. The normalized spacial score (nSPS) is 11.2. The Morgan fingerprint density at radius 3 is 2.57 bits per heavy atom. The summed E-state index contributed by atoms with van der Waals surface area (Å²) in [6.45, 7) is 8.29. The molecule has 0 aliphatic carbocycles. The predicted octanol–water partition coefficient (Wildman–Crippen LogP) is 2.28. The zero-order valence-electron chi connectivity index (χ0n) is 13.0. The molecule has 0 spiro atoms. The second-order valence-electron chi connectivity index (χ2n) is 5.83. The van der Waals surface area contributed by atoms with E-state index in [0.29, 0.717) is 13.0 Å². The first-order chi connectivity index (χ1) is 9.70. The van der Waals surface area contributed by atoms with Crippen molar-refractivity contribution in [1.29, 1.82) is 0 Å². The molecule has 1 heterocycles. The molecular weight excluding hydrogens is 290 g/mol. The van der Waals surface area contributed by atoms with Crippen LogP contribution in [0.2, 0.25) is 0 Å². The van der Waals surface area contributed by atoms with E-state index >= 15 is 0 Å². The van der Waals surface area contributed by atoms with Crippen LogP contribution >= 0.6 is 11.3 Å². The fourth-order valence-electron chi connectivity index (χ4n) is 1.84. The molecule has 0 bridgehead atoms. The zero-order chi connectivity index (χ0) is 16.0. The van der Waals surface area contributed by atoms with Crippen LogP contribution in [0.15, 0.2) is 5.38 Å². The molecule has 7 heteroatoms. The first-order valence-corrected chi connectivity index (χ1v) is 7.76. The number of carboxylic acids is 1. The van der Waals surface area contributed by atoms with Gasteiger partial charge in [-0.2, -0.15) is 0 Å². The Morgan fingerprint density at radius 2 is 2.10 bits per heavy atom. The monoisotopic (exact) mass is 313 g/mol. The van der Waals surface area contributed by atoms with E-state index in [0.717, 1.165) is 10.7 Å². The quantitative estimate of drug-likeness (QED) is 0.844. The van der Waals surface area contributed by atoms with Gasteiger partial charge in [0.1, 0.15) is 0 Å². The number of rotatable bonds is 6. The van der Waals surface area contributed by atoms with E-state index in [9.17, 15) is 9.59 Å². The minimum atomic E-state index is -0.907. The summed E-state index contributed by atoms with van der Waals surface area (Å²) in [6.07, 6.45) is 0.623. The average Bonchev–Trinajstić information content (AvgIpc) is 2.73. The molecule has 1 aromatic heterocycles. The highest BCUT2D eigenvalue weighted by molar-refractivity contribution is 7.09. The number of aliphatic carboxylic acids is 1. The molecule has 0 saturated carbocycles. The minimum Gasteiger partial charge on any atom is -0.481 e. The van der Waals surface area contributed by atoms with Crippen molar-refractivity contribution in [2.24, 2.45) is 0 Å². The van der Waals surface area contributed by atoms with Crippen molar-refractivity contribution in [2.75, 3.05) is 13.1 Å². The molecule has 0 unspecified atom stereocenters. The van der Waals surface area contributed by atoms with Gasteiger partial charge in [-0.15, -0.1) is 11.3 Å². The molecule has 6 nitrogen and oxygen atoms in total. The first kappa shape index (κ1) is 17.4. The van der Waals surface area contributed by atoms with Gasteiger partial charge in [0.05, 0.1) is 11.4 Å². The van der Waals surface area contributed by atoms with Crippen molar-refractivity contribution in [2.45, 2.75) is 46.1 Å². The molecule has 0 aromatic carbocycles. The van der Waals surface area contributed by atoms with E-state index in [4.69, 9.17) is 5.11 Å². The van der Waals surface area contributed by atoms with E-state index in [1.807, 2.05) is 33.1 Å². The minimum absolute atomic E-state index is 0.0592. The van der Waals surface area contributed by atoms with Crippen LogP contribution in [-0.2, 0) is 11.2 Å². The third-order valence-electron chi connectivity index (χ3n) is 2.89. The first-order valence-electron chi connectivity index (χ1n) is 6.88. The van der Waals surface area contributed by atoms with Crippen LogP contribution < -0.4 is 5.32 Å². The lowest BCUT2D eigenvalue weighted by Crippen LogP contribution is -2.51. The van der Waals surface area contributed by atoms with Crippen molar-refractivity contribution in [3.8, 4) is 0 Å². The average molecular weight is 313 g/mol. The van der Waals surface area contributed by atoms with Gasteiger partial charge in [-0.1, -0.05) is 0 Å². The Balaban J connectivity index is 2.50. The Kier molecular flexibility index (Phi) is 6.14. The van der Waals surface area contributed by atoms with Crippen LogP contribution in [0.4, 0.5) is 4.79 Å². The largest absolute Gasteiger partial charge is 0.481 e. The summed E-state index contributed by atoms with van der Waals surface area (Å²) in [4.78, 5) is 28.8. The molecule has 0 atom stereocenters. The van der Waals surface area contributed by atoms with E-state index in [2.05, 4.69) is 10.3 Å². The Morgan fingerprint density at radius 1 is 1.43 bits per heavy atom. The molecule has 1 aromatic rings. The molecular formula is C14H23N3O3S. The highest BCUT2D eigenvalue weighted by Crippen LogP contribution is 2.14. The number of urea groups is 1. The van der Waals surface area contributed by atoms with Crippen molar-refractivity contribution in [1.82, 2.24) is 15.2 Å². The van der Waals surface area contributed by atoms with Gasteiger partial charge in [0.15, 0.2) is 0 Å². The molecule has 0 radical (unpaired) electrons. The van der Waals surface area contributed by atoms with Crippen LogP contribution in [0.25, 0.3) is 0 Å². The van der Waals surface area contributed by atoms with Gasteiger partial charge in [-0.3, -0.25) is 4.79 Å². The number of nitrogens with zero attached hydrogens (tertiary/aromatic N) is 2. The highest BCUT2D eigenvalue weighted by atomic mass is 32.1. The topological polar surface area (TPSA) is 82.5 Å². The van der Waals surface area contributed by atoms with E-state index in [1.165, 1.54) is 0 Å². The van der Waals surface area contributed by atoms with Crippen molar-refractivity contribution in [3.05, 3.63) is 16.1 Å². The summed E-state index contributed by atoms with van der Waals surface area (Å²) in [5.74, 6) is -0.907. The number of carbonyl (C=O) groups is 2. The van der Waals surface area contributed by atoms with Gasteiger partial charge >= 0.3 is 12.0 Å². The molecule has 0 aliphatic rings. The molecule has 2 N–H and O–H groups in total. The molecule has 0 fully saturated rings. The fraction of sp³-hybridized carbons (Fsp3) is 0.643. The fourth-order valence-corrected chi connectivity index (χ4v) is 2.61. The molecule has 0 aliphatic heterocycles. The van der Waals surface area contributed by atoms with Gasteiger partial charge in [0.25, 0.3) is 0 Å². The number of amides is 2. The summed E-state index contributed by atoms with van der Waals surface area (Å²) >= 11 is 1.58. The predicted molar refractivity (Wildman–Crippen MR) is 82.7 cm³/mol. The van der Waals surface area contributed by atoms with Crippen LogP contribution in [-0.4, -0.2) is 45.6 Å². The molecule has 1 rings (SSSR count). The summed E-state index contributed by atoms with van der Waals surface area (Å²) in [5, 5.41) is 14.6. The SMILES string of the molecule is Cc1csc(CCNC(=O)N(CCC(=O)O)C(C)(C)C)n1. The summed E-state index contributed by atoms with van der Waals surface area (Å²) in [6, 6.07) is -0.239. The van der Waals surface area contributed by atoms with Crippen LogP contribution in [0.1, 0.15) is 37.9 Å². The third kappa shape index (κ3) is 6.12. The maximum atomic E-state index is 12.2. The maximum absolute atomic E-state index is 12.2. The summed E-state index contributed by atoms with van der Waals surface area (Å²) in [5.41, 5.74) is 0.566. The molecule has 21 heavy (non-hydrogen) atoms.